The number of pyridine rings is 1. The molecule has 2 aliphatic carbocycles. The van der Waals surface area contributed by atoms with E-state index in [1.165, 1.54) is 4.68 Å². The topological polar surface area (TPSA) is 128 Å². The van der Waals surface area contributed by atoms with Crippen molar-refractivity contribution < 1.29 is 24.2 Å². The minimum absolute atomic E-state index is 0.0419. The first kappa shape index (κ1) is 21.1. The second-order valence-electron chi connectivity index (χ2n) is 8.17. The van der Waals surface area contributed by atoms with Crippen molar-refractivity contribution in [3.63, 3.8) is 0 Å². The second-order valence-corrected chi connectivity index (χ2v) is 8.17. The van der Waals surface area contributed by atoms with E-state index in [1.54, 1.807) is 25.4 Å². The summed E-state index contributed by atoms with van der Waals surface area (Å²) in [6.45, 7) is 0. The number of carbonyl (C=O) groups excluding carboxylic acids is 1. The fourth-order valence-corrected chi connectivity index (χ4v) is 4.21. The lowest BCUT2D eigenvalue weighted by molar-refractivity contribution is -0.143. The molecule has 166 valence electrons. The second kappa shape index (κ2) is 9.32. The smallest absolute Gasteiger partial charge is 0.413 e. The van der Waals surface area contributed by atoms with E-state index in [0.717, 1.165) is 38.5 Å². The summed E-state index contributed by atoms with van der Waals surface area (Å²) in [5, 5.41) is 20.1. The first-order chi connectivity index (χ1) is 15.0. The molecule has 10 nitrogen and oxygen atoms in total. The highest BCUT2D eigenvalue weighted by Gasteiger charge is 2.28. The first-order valence-corrected chi connectivity index (χ1v) is 10.7. The Labute approximate surface area is 179 Å². The fourth-order valence-electron chi connectivity index (χ4n) is 4.21. The van der Waals surface area contributed by atoms with Gasteiger partial charge in [0.2, 0.25) is 0 Å². The van der Waals surface area contributed by atoms with Crippen LogP contribution >= 0.6 is 0 Å². The predicted molar refractivity (Wildman–Crippen MR) is 111 cm³/mol. The Kier molecular flexibility index (Phi) is 6.34. The number of nitrogens with one attached hydrogen (secondary N) is 1. The molecule has 31 heavy (non-hydrogen) atoms. The zero-order valence-electron chi connectivity index (χ0n) is 17.5. The summed E-state index contributed by atoms with van der Waals surface area (Å²) in [4.78, 5) is 27.9. The van der Waals surface area contributed by atoms with Gasteiger partial charge in [0.25, 0.3) is 0 Å². The van der Waals surface area contributed by atoms with Crippen LogP contribution in [0.2, 0.25) is 0 Å². The van der Waals surface area contributed by atoms with Gasteiger partial charge < -0.3 is 14.6 Å². The van der Waals surface area contributed by atoms with Gasteiger partial charge in [-0.2, -0.15) is 0 Å². The highest BCUT2D eigenvalue weighted by atomic mass is 16.6. The Balaban J connectivity index is 1.41. The molecule has 2 aliphatic rings. The number of carbonyl (C=O) groups is 2. The van der Waals surface area contributed by atoms with E-state index in [0.29, 0.717) is 35.8 Å². The average molecular weight is 429 g/mol. The zero-order chi connectivity index (χ0) is 21.8. The van der Waals surface area contributed by atoms with Crippen LogP contribution in [0, 0.1) is 5.92 Å². The molecule has 0 radical (unpaired) electrons. The Bertz CT molecular complexity index is 923. The summed E-state index contributed by atoms with van der Waals surface area (Å²) in [5.41, 5.74) is 0.963. The van der Waals surface area contributed by atoms with Gasteiger partial charge in [-0.05, 0) is 63.5 Å². The number of hydrogen-bond acceptors (Lipinski definition) is 7. The molecule has 0 bridgehead atoms. The monoisotopic (exact) mass is 429 g/mol. The van der Waals surface area contributed by atoms with Crippen LogP contribution in [0.25, 0.3) is 11.4 Å². The number of ether oxygens (including phenoxy) is 2. The maximum Gasteiger partial charge on any atom is 0.413 e. The van der Waals surface area contributed by atoms with E-state index in [2.05, 4.69) is 20.6 Å². The molecule has 0 unspecified atom stereocenters. The van der Waals surface area contributed by atoms with Crippen molar-refractivity contribution >= 4 is 17.9 Å². The third-order valence-electron chi connectivity index (χ3n) is 5.88. The van der Waals surface area contributed by atoms with Crippen LogP contribution < -0.4 is 10.1 Å². The highest BCUT2D eigenvalue weighted by Crippen LogP contribution is 2.30. The van der Waals surface area contributed by atoms with Crippen molar-refractivity contribution in [2.75, 3.05) is 5.32 Å². The Morgan fingerprint density at radius 1 is 1.13 bits per heavy atom. The summed E-state index contributed by atoms with van der Waals surface area (Å²) in [6, 6.07) is 3.51. The van der Waals surface area contributed by atoms with Gasteiger partial charge in [0, 0.05) is 7.05 Å². The molecular weight excluding hydrogens is 402 g/mol. The van der Waals surface area contributed by atoms with Crippen LogP contribution in [0.5, 0.6) is 5.75 Å². The van der Waals surface area contributed by atoms with Gasteiger partial charge in [-0.3, -0.25) is 15.1 Å². The molecule has 2 N–H and O–H groups in total. The van der Waals surface area contributed by atoms with E-state index < -0.39 is 12.1 Å². The van der Waals surface area contributed by atoms with Crippen LogP contribution in [0.3, 0.4) is 0 Å². The molecule has 2 atom stereocenters. The van der Waals surface area contributed by atoms with Crippen molar-refractivity contribution in [1.82, 2.24) is 20.0 Å². The number of rotatable bonds is 6. The van der Waals surface area contributed by atoms with Gasteiger partial charge in [-0.15, -0.1) is 5.10 Å². The summed E-state index contributed by atoms with van der Waals surface area (Å²) in [5.74, 6) is -0.154. The molecule has 1 amide bonds. The van der Waals surface area contributed by atoms with Gasteiger partial charge in [0.1, 0.15) is 11.9 Å². The molecule has 0 aliphatic heterocycles. The number of nitrogens with zero attached hydrogens (tertiary/aromatic N) is 4. The quantitative estimate of drug-likeness (QED) is 0.715. The van der Waals surface area contributed by atoms with Gasteiger partial charge in [-0.1, -0.05) is 5.21 Å². The molecule has 2 aromatic rings. The van der Waals surface area contributed by atoms with E-state index in [-0.39, 0.29) is 18.1 Å². The molecule has 0 saturated heterocycles. The SMILES string of the molecule is Cn1nnc(-c2ccc(O[C@H]3CCC[C@H](C(=O)O)C3)cn2)c1NC(=O)OC1CCCC1. The lowest BCUT2D eigenvalue weighted by atomic mass is 9.87. The van der Waals surface area contributed by atoms with Gasteiger partial charge in [-0.25, -0.2) is 9.48 Å². The minimum atomic E-state index is -0.768. The number of carboxylic acid groups (broad SMARTS) is 1. The van der Waals surface area contributed by atoms with Crippen molar-refractivity contribution in [2.45, 2.75) is 63.6 Å². The van der Waals surface area contributed by atoms with Gasteiger partial charge >= 0.3 is 12.1 Å². The molecule has 2 heterocycles. The van der Waals surface area contributed by atoms with Gasteiger partial charge in [0.15, 0.2) is 11.5 Å². The fraction of sp³-hybridized carbons (Fsp3) is 0.571. The van der Waals surface area contributed by atoms with E-state index in [9.17, 15) is 14.7 Å². The Morgan fingerprint density at radius 3 is 2.61 bits per heavy atom. The maximum atomic E-state index is 12.3. The largest absolute Gasteiger partial charge is 0.489 e. The molecule has 2 aromatic heterocycles. The molecule has 4 rings (SSSR count). The normalized spacial score (nSPS) is 21.6. The van der Waals surface area contributed by atoms with Crippen molar-refractivity contribution in [3.05, 3.63) is 18.3 Å². The number of carboxylic acids is 1. The van der Waals surface area contributed by atoms with E-state index in [4.69, 9.17) is 9.47 Å². The van der Waals surface area contributed by atoms with Crippen LogP contribution in [-0.4, -0.2) is 49.4 Å². The highest BCUT2D eigenvalue weighted by molar-refractivity contribution is 5.88. The molecule has 10 heteroatoms. The predicted octanol–water partition coefficient (Wildman–Crippen LogP) is 3.39. The number of anilines is 1. The third-order valence-corrected chi connectivity index (χ3v) is 5.88. The van der Waals surface area contributed by atoms with Crippen LogP contribution in [0.4, 0.5) is 10.6 Å². The standard InChI is InChI=1S/C21H27N5O5/c1-26-19(23-21(29)31-14-6-2-3-7-14)18(24-25-26)17-10-9-16(12-22-17)30-15-8-4-5-13(11-15)20(27)28/h9-10,12-15H,2-8,11H2,1H3,(H,23,29)(H,27,28)/t13-,15-/m0/s1. The minimum Gasteiger partial charge on any atom is -0.489 e. The number of aliphatic carboxylic acids is 1. The lowest BCUT2D eigenvalue weighted by Gasteiger charge is -2.27. The molecular formula is C21H27N5O5. The summed E-state index contributed by atoms with van der Waals surface area (Å²) in [7, 11) is 1.68. The van der Waals surface area contributed by atoms with Crippen LogP contribution in [-0.2, 0) is 16.6 Å². The number of hydrogen-bond donors (Lipinski definition) is 2. The van der Waals surface area contributed by atoms with Gasteiger partial charge in [0.05, 0.1) is 23.9 Å². The number of amides is 1. The number of aryl methyl sites for hydroxylation is 1. The lowest BCUT2D eigenvalue weighted by Crippen LogP contribution is -2.29. The molecule has 2 saturated carbocycles. The Hall–Kier alpha value is -3.17. The van der Waals surface area contributed by atoms with E-state index >= 15 is 0 Å². The van der Waals surface area contributed by atoms with Crippen molar-refractivity contribution in [2.24, 2.45) is 13.0 Å². The summed E-state index contributed by atoms with van der Waals surface area (Å²) >= 11 is 0. The van der Waals surface area contributed by atoms with Crippen molar-refractivity contribution in [1.29, 1.82) is 0 Å². The Morgan fingerprint density at radius 2 is 1.90 bits per heavy atom. The first-order valence-electron chi connectivity index (χ1n) is 10.7. The van der Waals surface area contributed by atoms with E-state index in [1.807, 2.05) is 0 Å². The van der Waals surface area contributed by atoms with Crippen LogP contribution in [0.1, 0.15) is 51.4 Å². The summed E-state index contributed by atoms with van der Waals surface area (Å²) in [6.07, 6.45) is 7.66. The third kappa shape index (κ3) is 5.12. The molecule has 2 fully saturated rings. The maximum absolute atomic E-state index is 12.3. The zero-order valence-corrected chi connectivity index (χ0v) is 17.5. The van der Waals surface area contributed by atoms with Crippen LogP contribution in [0.15, 0.2) is 18.3 Å². The number of aromatic nitrogens is 4. The summed E-state index contributed by atoms with van der Waals surface area (Å²) < 4.78 is 12.9. The average Bonchev–Trinajstić information content (AvgIpc) is 3.39. The molecule has 0 aromatic carbocycles. The molecule has 0 spiro atoms. The van der Waals surface area contributed by atoms with Crippen molar-refractivity contribution in [3.8, 4) is 17.1 Å².